The molecule has 2 nitrogen and oxygen atoms in total. The Bertz CT molecular complexity index is 308. The molecule has 0 heterocycles. The first-order valence-electron chi connectivity index (χ1n) is 6.97. The van der Waals surface area contributed by atoms with Crippen molar-refractivity contribution in [1.82, 2.24) is 5.43 Å². The molecule has 0 aliphatic carbocycles. The Hall–Kier alpha value is -1.12. The van der Waals surface area contributed by atoms with Gasteiger partial charge in [-0.25, -0.2) is 0 Å². The Morgan fingerprint density at radius 1 is 1.11 bits per heavy atom. The molecule has 0 saturated carbocycles. The van der Waals surface area contributed by atoms with Gasteiger partial charge in [-0.15, -0.1) is 6.58 Å². The lowest BCUT2D eigenvalue weighted by atomic mass is 10.0. The zero-order valence-corrected chi connectivity index (χ0v) is 11.3. The molecule has 1 aromatic rings. The van der Waals surface area contributed by atoms with Crippen LogP contribution in [0.25, 0.3) is 0 Å². The number of benzene rings is 1. The minimum atomic E-state index is 0.439. The first-order valence-corrected chi connectivity index (χ1v) is 6.97. The average molecular weight is 246 g/mol. The van der Waals surface area contributed by atoms with Crippen LogP contribution in [0.15, 0.2) is 43.0 Å². The van der Waals surface area contributed by atoms with Gasteiger partial charge in [-0.1, -0.05) is 49.2 Å². The van der Waals surface area contributed by atoms with E-state index in [9.17, 15) is 0 Å². The van der Waals surface area contributed by atoms with Gasteiger partial charge in [-0.05, 0) is 37.7 Å². The number of allylic oxidation sites excluding steroid dienone is 1. The third kappa shape index (κ3) is 6.58. The van der Waals surface area contributed by atoms with E-state index in [1.165, 1.54) is 31.2 Å². The van der Waals surface area contributed by atoms with Gasteiger partial charge in [0.25, 0.3) is 0 Å². The minimum absolute atomic E-state index is 0.439. The molecule has 0 fully saturated rings. The summed E-state index contributed by atoms with van der Waals surface area (Å²) < 4.78 is 0. The van der Waals surface area contributed by atoms with Crippen molar-refractivity contribution in [2.75, 3.05) is 0 Å². The summed E-state index contributed by atoms with van der Waals surface area (Å²) >= 11 is 0. The highest BCUT2D eigenvalue weighted by Crippen LogP contribution is 2.11. The lowest BCUT2D eigenvalue weighted by Crippen LogP contribution is -2.35. The number of nitrogens with two attached hydrogens (primary N) is 1. The lowest BCUT2D eigenvalue weighted by molar-refractivity contribution is 0.442. The molecular weight excluding hydrogens is 220 g/mol. The predicted octanol–water partition coefficient (Wildman–Crippen LogP) is 3.59. The van der Waals surface area contributed by atoms with Crippen molar-refractivity contribution in [1.29, 1.82) is 0 Å². The zero-order chi connectivity index (χ0) is 13.1. The highest BCUT2D eigenvalue weighted by molar-refractivity contribution is 5.14. The molecule has 0 amide bonds. The molecule has 2 heteroatoms. The Morgan fingerprint density at radius 3 is 2.56 bits per heavy atom. The molecule has 1 rings (SSSR count). The van der Waals surface area contributed by atoms with E-state index in [1.54, 1.807) is 0 Å². The molecule has 0 radical (unpaired) electrons. The number of nitrogens with one attached hydrogen (secondary N) is 1. The van der Waals surface area contributed by atoms with Crippen molar-refractivity contribution >= 4 is 0 Å². The molecule has 18 heavy (non-hydrogen) atoms. The summed E-state index contributed by atoms with van der Waals surface area (Å²) in [5.41, 5.74) is 4.34. The van der Waals surface area contributed by atoms with E-state index in [4.69, 9.17) is 5.84 Å². The van der Waals surface area contributed by atoms with Crippen LogP contribution >= 0.6 is 0 Å². The van der Waals surface area contributed by atoms with Gasteiger partial charge >= 0.3 is 0 Å². The number of hydrogen-bond donors (Lipinski definition) is 2. The molecule has 0 bridgehead atoms. The van der Waals surface area contributed by atoms with Gasteiger partial charge in [-0.2, -0.15) is 0 Å². The minimum Gasteiger partial charge on any atom is -0.271 e. The van der Waals surface area contributed by atoms with Crippen LogP contribution in [0, 0.1) is 0 Å². The van der Waals surface area contributed by atoms with Gasteiger partial charge in [0.15, 0.2) is 0 Å². The molecule has 0 aliphatic heterocycles. The van der Waals surface area contributed by atoms with Gasteiger partial charge in [-0.3, -0.25) is 11.3 Å². The summed E-state index contributed by atoms with van der Waals surface area (Å²) in [5.74, 6) is 5.61. The van der Waals surface area contributed by atoms with E-state index in [2.05, 4.69) is 42.3 Å². The third-order valence-electron chi connectivity index (χ3n) is 3.32. The second-order valence-electron chi connectivity index (χ2n) is 4.81. The summed E-state index contributed by atoms with van der Waals surface area (Å²) in [5, 5.41) is 0. The highest BCUT2D eigenvalue weighted by atomic mass is 15.2. The van der Waals surface area contributed by atoms with Crippen LogP contribution in [0.4, 0.5) is 0 Å². The van der Waals surface area contributed by atoms with Crippen molar-refractivity contribution in [3.05, 3.63) is 48.6 Å². The van der Waals surface area contributed by atoms with Crippen molar-refractivity contribution in [3.63, 3.8) is 0 Å². The summed E-state index contributed by atoms with van der Waals surface area (Å²) in [6.07, 6.45) is 10.3. The Balaban J connectivity index is 2.15. The summed E-state index contributed by atoms with van der Waals surface area (Å²) in [6, 6.07) is 11.0. The predicted molar refractivity (Wildman–Crippen MR) is 79.2 cm³/mol. The number of unbranched alkanes of at least 4 members (excludes halogenated alkanes) is 3. The van der Waals surface area contributed by atoms with Crippen LogP contribution in [-0.2, 0) is 6.42 Å². The van der Waals surface area contributed by atoms with E-state index in [-0.39, 0.29) is 0 Å². The van der Waals surface area contributed by atoms with E-state index in [0.29, 0.717) is 6.04 Å². The lowest BCUT2D eigenvalue weighted by Gasteiger charge is -2.15. The van der Waals surface area contributed by atoms with Gasteiger partial charge in [0.2, 0.25) is 0 Å². The number of aryl methyl sites for hydroxylation is 1. The maximum Gasteiger partial charge on any atom is 0.0213 e. The maximum absolute atomic E-state index is 5.61. The largest absolute Gasteiger partial charge is 0.271 e. The van der Waals surface area contributed by atoms with E-state index in [1.807, 2.05) is 6.08 Å². The second kappa shape index (κ2) is 9.86. The monoisotopic (exact) mass is 246 g/mol. The fourth-order valence-electron chi connectivity index (χ4n) is 2.15. The fraction of sp³-hybridized carbons (Fsp3) is 0.500. The SMILES string of the molecule is C=CCCCCCC(CCc1ccccc1)NN. The molecule has 0 saturated heterocycles. The van der Waals surface area contributed by atoms with E-state index < -0.39 is 0 Å². The molecule has 1 unspecified atom stereocenters. The first kappa shape index (κ1) is 14.9. The van der Waals surface area contributed by atoms with Crippen LogP contribution in [0.3, 0.4) is 0 Å². The van der Waals surface area contributed by atoms with E-state index >= 15 is 0 Å². The van der Waals surface area contributed by atoms with Crippen molar-refractivity contribution < 1.29 is 0 Å². The Labute approximate surface area is 111 Å². The standard InChI is InChI=1S/C16H26N2/c1-2-3-4-5-9-12-16(18-17)14-13-15-10-7-6-8-11-15/h2,6-8,10-11,16,18H,1,3-5,9,12-14,17H2. The van der Waals surface area contributed by atoms with Crippen LogP contribution in [0.5, 0.6) is 0 Å². The number of rotatable bonds is 10. The molecule has 100 valence electrons. The zero-order valence-electron chi connectivity index (χ0n) is 11.3. The van der Waals surface area contributed by atoms with Crippen molar-refractivity contribution in [2.24, 2.45) is 5.84 Å². The summed E-state index contributed by atoms with van der Waals surface area (Å²) in [6.45, 7) is 3.74. The topological polar surface area (TPSA) is 38.0 Å². The highest BCUT2D eigenvalue weighted by Gasteiger charge is 2.06. The quantitative estimate of drug-likeness (QED) is 0.286. The van der Waals surface area contributed by atoms with Gasteiger partial charge in [0.05, 0.1) is 0 Å². The second-order valence-corrected chi connectivity index (χ2v) is 4.81. The van der Waals surface area contributed by atoms with Gasteiger partial charge in [0, 0.05) is 6.04 Å². The fourth-order valence-corrected chi connectivity index (χ4v) is 2.15. The molecule has 0 aromatic heterocycles. The molecule has 0 spiro atoms. The summed E-state index contributed by atoms with van der Waals surface area (Å²) in [4.78, 5) is 0. The normalized spacial score (nSPS) is 12.3. The average Bonchev–Trinajstić information content (AvgIpc) is 2.43. The first-order chi connectivity index (χ1) is 8.86. The smallest absolute Gasteiger partial charge is 0.0213 e. The summed E-state index contributed by atoms with van der Waals surface area (Å²) in [7, 11) is 0. The molecule has 1 aromatic carbocycles. The molecule has 0 aliphatic rings. The Kier molecular flexibility index (Phi) is 8.19. The maximum atomic E-state index is 5.61. The van der Waals surface area contributed by atoms with E-state index in [0.717, 1.165) is 19.3 Å². The van der Waals surface area contributed by atoms with Crippen LogP contribution in [0.1, 0.15) is 44.1 Å². The third-order valence-corrected chi connectivity index (χ3v) is 3.32. The van der Waals surface area contributed by atoms with Crippen molar-refractivity contribution in [2.45, 2.75) is 51.0 Å². The molecule has 1 atom stereocenters. The van der Waals surface area contributed by atoms with Gasteiger partial charge in [0.1, 0.15) is 0 Å². The molecule has 3 N–H and O–H groups in total. The molecular formula is C16H26N2. The van der Waals surface area contributed by atoms with Crippen LogP contribution in [-0.4, -0.2) is 6.04 Å². The number of hydrazine groups is 1. The van der Waals surface area contributed by atoms with Crippen LogP contribution < -0.4 is 11.3 Å². The van der Waals surface area contributed by atoms with Gasteiger partial charge < -0.3 is 0 Å². The number of hydrogen-bond acceptors (Lipinski definition) is 2. The van der Waals surface area contributed by atoms with Crippen molar-refractivity contribution in [3.8, 4) is 0 Å². The van der Waals surface area contributed by atoms with Crippen LogP contribution in [0.2, 0.25) is 0 Å². The Morgan fingerprint density at radius 2 is 1.89 bits per heavy atom.